The summed E-state index contributed by atoms with van der Waals surface area (Å²) in [6, 6.07) is 16.3. The van der Waals surface area contributed by atoms with Gasteiger partial charge < -0.3 is 9.80 Å². The lowest BCUT2D eigenvalue weighted by Crippen LogP contribution is -2.41. The van der Waals surface area contributed by atoms with Gasteiger partial charge in [0.1, 0.15) is 0 Å². The fourth-order valence-corrected chi connectivity index (χ4v) is 4.23. The third-order valence-electron chi connectivity index (χ3n) is 5.76. The monoisotopic (exact) mass is 348 g/mol. The van der Waals surface area contributed by atoms with Crippen molar-refractivity contribution in [2.24, 2.45) is 5.92 Å². The van der Waals surface area contributed by atoms with Crippen LogP contribution in [0.2, 0.25) is 0 Å². The molecule has 2 aliphatic heterocycles. The number of fused-ring (bicyclic) bond motifs is 1. The minimum Gasteiger partial charge on any atom is -0.338 e. The Bertz CT molecular complexity index is 843. The molecule has 4 nitrogen and oxygen atoms in total. The van der Waals surface area contributed by atoms with Crippen LogP contribution in [-0.4, -0.2) is 35.2 Å². The van der Waals surface area contributed by atoms with Gasteiger partial charge in [-0.1, -0.05) is 54.1 Å². The number of rotatable bonds is 2. The topological polar surface area (TPSA) is 40.6 Å². The number of carbonyl (C=O) groups is 2. The molecule has 0 radical (unpaired) electrons. The fourth-order valence-electron chi connectivity index (χ4n) is 4.23. The van der Waals surface area contributed by atoms with Gasteiger partial charge in [0.2, 0.25) is 11.8 Å². The van der Waals surface area contributed by atoms with Crippen LogP contribution >= 0.6 is 0 Å². The maximum atomic E-state index is 13.3. The summed E-state index contributed by atoms with van der Waals surface area (Å²) in [5.74, 6) is -0.158. The van der Waals surface area contributed by atoms with Gasteiger partial charge in [-0.25, -0.2) is 0 Å². The van der Waals surface area contributed by atoms with Gasteiger partial charge in [-0.05, 0) is 30.0 Å². The van der Waals surface area contributed by atoms with Crippen molar-refractivity contribution in [3.63, 3.8) is 0 Å². The van der Waals surface area contributed by atoms with Crippen LogP contribution in [0.4, 0.5) is 0 Å². The minimum atomic E-state index is -0.305. The summed E-state index contributed by atoms with van der Waals surface area (Å²) in [4.78, 5) is 29.3. The molecule has 0 bridgehead atoms. The fraction of sp³-hybridized carbons (Fsp3) is 0.364. The summed E-state index contributed by atoms with van der Waals surface area (Å²) < 4.78 is 0. The number of likely N-dealkylation sites (tertiary alicyclic amines) is 1. The molecule has 2 amide bonds. The number of hydrogen-bond donors (Lipinski definition) is 0. The molecule has 4 rings (SSSR count). The van der Waals surface area contributed by atoms with Gasteiger partial charge in [0.25, 0.3) is 0 Å². The van der Waals surface area contributed by atoms with Crippen molar-refractivity contribution < 1.29 is 9.59 Å². The first-order valence-corrected chi connectivity index (χ1v) is 9.22. The molecule has 2 heterocycles. The Kier molecular flexibility index (Phi) is 4.27. The standard InChI is InChI=1S/C22H24N2O2/c1-15-7-9-17(10-8-15)21-19(13-20(25)23(21)2)22(26)24-12-11-16-5-3-4-6-18(16)14-24/h3-10,19,21H,11-14H2,1-2H3. The Morgan fingerprint density at radius 3 is 2.46 bits per heavy atom. The summed E-state index contributed by atoms with van der Waals surface area (Å²) in [6.07, 6.45) is 1.18. The molecule has 134 valence electrons. The lowest BCUT2D eigenvalue weighted by Gasteiger charge is -2.33. The van der Waals surface area contributed by atoms with Gasteiger partial charge >= 0.3 is 0 Å². The zero-order valence-electron chi connectivity index (χ0n) is 15.3. The average molecular weight is 348 g/mol. The third-order valence-corrected chi connectivity index (χ3v) is 5.76. The van der Waals surface area contributed by atoms with Crippen LogP contribution in [0.15, 0.2) is 48.5 Å². The Hall–Kier alpha value is -2.62. The molecule has 26 heavy (non-hydrogen) atoms. The lowest BCUT2D eigenvalue weighted by molar-refractivity contribution is -0.137. The molecule has 2 aromatic carbocycles. The highest BCUT2D eigenvalue weighted by Crippen LogP contribution is 2.38. The van der Waals surface area contributed by atoms with Gasteiger partial charge in [-0.3, -0.25) is 9.59 Å². The molecular weight excluding hydrogens is 324 g/mol. The molecule has 2 atom stereocenters. The number of aryl methyl sites for hydroxylation is 1. The lowest BCUT2D eigenvalue weighted by atomic mass is 9.90. The molecule has 2 aromatic rings. The molecule has 2 aliphatic rings. The van der Waals surface area contributed by atoms with E-state index < -0.39 is 0 Å². The predicted octanol–water partition coefficient (Wildman–Crippen LogP) is 3.10. The SMILES string of the molecule is Cc1ccc(C2C(C(=O)N3CCc4ccccc4C3)CC(=O)N2C)cc1. The van der Waals surface area contributed by atoms with E-state index in [1.807, 2.05) is 55.3 Å². The van der Waals surface area contributed by atoms with Crippen molar-refractivity contribution in [1.29, 1.82) is 0 Å². The van der Waals surface area contributed by atoms with Crippen molar-refractivity contribution in [3.05, 3.63) is 70.8 Å². The molecule has 4 heteroatoms. The smallest absolute Gasteiger partial charge is 0.228 e. The van der Waals surface area contributed by atoms with E-state index in [2.05, 4.69) is 12.1 Å². The Balaban J connectivity index is 1.60. The summed E-state index contributed by atoms with van der Waals surface area (Å²) in [6.45, 7) is 3.41. The van der Waals surface area contributed by atoms with Gasteiger partial charge in [0, 0.05) is 26.6 Å². The molecule has 1 fully saturated rings. The molecular formula is C22H24N2O2. The van der Waals surface area contributed by atoms with Crippen molar-refractivity contribution in [2.75, 3.05) is 13.6 Å². The largest absolute Gasteiger partial charge is 0.338 e. The zero-order valence-corrected chi connectivity index (χ0v) is 15.3. The van der Waals surface area contributed by atoms with Crippen LogP contribution in [0.1, 0.15) is 34.7 Å². The highest BCUT2D eigenvalue weighted by molar-refractivity contribution is 5.90. The second-order valence-corrected chi connectivity index (χ2v) is 7.45. The van der Waals surface area contributed by atoms with Gasteiger partial charge in [0.15, 0.2) is 0 Å². The number of benzene rings is 2. The average Bonchev–Trinajstić information content (AvgIpc) is 2.96. The van der Waals surface area contributed by atoms with Crippen LogP contribution in [0.25, 0.3) is 0 Å². The second kappa shape index (κ2) is 6.60. The Labute approximate surface area is 154 Å². The molecule has 1 saturated heterocycles. The van der Waals surface area contributed by atoms with Crippen molar-refractivity contribution in [2.45, 2.75) is 32.4 Å². The summed E-state index contributed by atoms with van der Waals surface area (Å²) >= 11 is 0. The van der Waals surface area contributed by atoms with E-state index in [4.69, 9.17) is 0 Å². The molecule has 0 saturated carbocycles. The van der Waals surface area contributed by atoms with Crippen molar-refractivity contribution >= 4 is 11.8 Å². The predicted molar refractivity (Wildman–Crippen MR) is 100 cm³/mol. The summed E-state index contributed by atoms with van der Waals surface area (Å²) in [7, 11) is 1.81. The molecule has 0 N–H and O–H groups in total. The van der Waals surface area contributed by atoms with Crippen LogP contribution in [-0.2, 0) is 22.6 Å². The van der Waals surface area contributed by atoms with Crippen molar-refractivity contribution in [1.82, 2.24) is 9.80 Å². The number of amides is 2. The van der Waals surface area contributed by atoms with Crippen LogP contribution in [0.3, 0.4) is 0 Å². The van der Waals surface area contributed by atoms with E-state index in [1.165, 1.54) is 16.7 Å². The third kappa shape index (κ3) is 2.90. The van der Waals surface area contributed by atoms with E-state index in [0.717, 1.165) is 18.5 Å². The van der Waals surface area contributed by atoms with Gasteiger partial charge in [0.05, 0.1) is 12.0 Å². The maximum Gasteiger partial charge on any atom is 0.228 e. The van der Waals surface area contributed by atoms with Crippen molar-refractivity contribution in [3.8, 4) is 0 Å². The molecule has 0 aromatic heterocycles. The molecule has 0 spiro atoms. The zero-order chi connectivity index (χ0) is 18.3. The summed E-state index contributed by atoms with van der Waals surface area (Å²) in [5.41, 5.74) is 4.76. The maximum absolute atomic E-state index is 13.3. The van der Waals surface area contributed by atoms with Crippen LogP contribution in [0, 0.1) is 12.8 Å². The number of carbonyl (C=O) groups excluding carboxylic acids is 2. The van der Waals surface area contributed by atoms with Crippen LogP contribution in [0.5, 0.6) is 0 Å². The van der Waals surface area contributed by atoms with E-state index in [9.17, 15) is 9.59 Å². The first-order valence-electron chi connectivity index (χ1n) is 9.22. The van der Waals surface area contributed by atoms with E-state index in [-0.39, 0.29) is 23.8 Å². The Morgan fingerprint density at radius 1 is 1.04 bits per heavy atom. The van der Waals surface area contributed by atoms with Crippen LogP contribution < -0.4 is 0 Å². The highest BCUT2D eigenvalue weighted by atomic mass is 16.2. The van der Waals surface area contributed by atoms with E-state index in [0.29, 0.717) is 13.0 Å². The number of nitrogens with zero attached hydrogens (tertiary/aromatic N) is 2. The summed E-state index contributed by atoms with van der Waals surface area (Å²) in [5, 5.41) is 0. The molecule has 0 aliphatic carbocycles. The van der Waals surface area contributed by atoms with E-state index >= 15 is 0 Å². The minimum absolute atomic E-state index is 0.0475. The quantitative estimate of drug-likeness (QED) is 0.837. The first kappa shape index (κ1) is 16.8. The highest BCUT2D eigenvalue weighted by Gasteiger charge is 2.44. The number of hydrogen-bond acceptors (Lipinski definition) is 2. The second-order valence-electron chi connectivity index (χ2n) is 7.45. The first-order chi connectivity index (χ1) is 12.5. The van der Waals surface area contributed by atoms with E-state index in [1.54, 1.807) is 4.90 Å². The van der Waals surface area contributed by atoms with Gasteiger partial charge in [-0.2, -0.15) is 0 Å². The van der Waals surface area contributed by atoms with Gasteiger partial charge in [-0.15, -0.1) is 0 Å². The molecule has 2 unspecified atom stereocenters. The Morgan fingerprint density at radius 2 is 1.73 bits per heavy atom. The normalized spacial score (nSPS) is 22.5.